The van der Waals surface area contributed by atoms with Gasteiger partial charge in [0.05, 0.1) is 6.54 Å². The highest BCUT2D eigenvalue weighted by Gasteiger charge is 2.18. The van der Waals surface area contributed by atoms with Crippen molar-refractivity contribution in [3.63, 3.8) is 0 Å². The summed E-state index contributed by atoms with van der Waals surface area (Å²) in [4.78, 5) is 11.8. The zero-order valence-corrected chi connectivity index (χ0v) is 14.8. The lowest BCUT2D eigenvalue weighted by Gasteiger charge is -2.22. The van der Waals surface area contributed by atoms with Gasteiger partial charge < -0.3 is 14.8 Å². The van der Waals surface area contributed by atoms with Crippen LogP contribution in [0.15, 0.2) is 48.5 Å². The average Bonchev–Trinajstić information content (AvgIpc) is 2.57. The van der Waals surface area contributed by atoms with E-state index in [0.29, 0.717) is 13.2 Å². The largest absolute Gasteiger partial charge is 0.491 e. The normalized spacial score (nSPS) is 11.0. The van der Waals surface area contributed by atoms with E-state index in [9.17, 15) is 9.18 Å². The molecular formula is C20H24FNO3. The second-order valence-electron chi connectivity index (χ2n) is 6.66. The summed E-state index contributed by atoms with van der Waals surface area (Å²) < 4.78 is 24.3. The molecule has 0 saturated carbocycles. The summed E-state index contributed by atoms with van der Waals surface area (Å²) in [5, 5.41) is 2.69. The van der Waals surface area contributed by atoms with Crippen molar-refractivity contribution < 1.29 is 18.7 Å². The van der Waals surface area contributed by atoms with Crippen molar-refractivity contribution >= 4 is 5.91 Å². The van der Waals surface area contributed by atoms with Gasteiger partial charge in [-0.1, -0.05) is 51.1 Å². The second kappa shape index (κ2) is 8.51. The van der Waals surface area contributed by atoms with Crippen LogP contribution >= 0.6 is 0 Å². The molecule has 0 radical (unpaired) electrons. The molecule has 25 heavy (non-hydrogen) atoms. The maximum Gasteiger partial charge on any atom is 0.258 e. The molecule has 1 N–H and O–H groups in total. The van der Waals surface area contributed by atoms with E-state index < -0.39 is 5.82 Å². The molecule has 2 rings (SSSR count). The summed E-state index contributed by atoms with van der Waals surface area (Å²) in [5.74, 6) is 0.0632. The fourth-order valence-corrected chi connectivity index (χ4v) is 2.32. The molecule has 0 aliphatic rings. The van der Waals surface area contributed by atoms with E-state index in [1.54, 1.807) is 12.1 Å². The number of para-hydroxylation sites is 2. The van der Waals surface area contributed by atoms with Crippen LogP contribution in [-0.4, -0.2) is 25.7 Å². The van der Waals surface area contributed by atoms with Gasteiger partial charge in [-0.2, -0.15) is 0 Å². The minimum Gasteiger partial charge on any atom is -0.491 e. The number of benzene rings is 2. The highest BCUT2D eigenvalue weighted by molar-refractivity contribution is 5.77. The summed E-state index contributed by atoms with van der Waals surface area (Å²) in [6, 6.07) is 13.8. The molecule has 0 aromatic heterocycles. The van der Waals surface area contributed by atoms with E-state index in [1.807, 2.05) is 24.3 Å². The Kier molecular flexibility index (Phi) is 6.39. The molecule has 0 aliphatic carbocycles. The molecule has 0 aliphatic heterocycles. The lowest BCUT2D eigenvalue weighted by atomic mass is 9.86. The lowest BCUT2D eigenvalue weighted by Crippen LogP contribution is -2.32. The molecule has 134 valence electrons. The Morgan fingerprint density at radius 3 is 2.32 bits per heavy atom. The van der Waals surface area contributed by atoms with Crippen LogP contribution in [0, 0.1) is 5.82 Å². The monoisotopic (exact) mass is 345 g/mol. The Morgan fingerprint density at radius 2 is 1.64 bits per heavy atom. The first-order valence-corrected chi connectivity index (χ1v) is 8.24. The molecule has 5 heteroatoms. The van der Waals surface area contributed by atoms with Gasteiger partial charge >= 0.3 is 0 Å². The van der Waals surface area contributed by atoms with Crippen molar-refractivity contribution in [3.05, 3.63) is 59.9 Å². The van der Waals surface area contributed by atoms with Gasteiger partial charge in [-0.3, -0.25) is 4.79 Å². The Balaban J connectivity index is 1.75. The molecule has 0 fully saturated rings. The topological polar surface area (TPSA) is 47.6 Å². The zero-order chi connectivity index (χ0) is 18.3. The molecule has 0 atom stereocenters. The number of amides is 1. The van der Waals surface area contributed by atoms with Gasteiger partial charge in [0.15, 0.2) is 18.2 Å². The third-order valence-corrected chi connectivity index (χ3v) is 3.57. The van der Waals surface area contributed by atoms with Gasteiger partial charge in [0, 0.05) is 0 Å². The van der Waals surface area contributed by atoms with Crippen molar-refractivity contribution in [3.8, 4) is 11.5 Å². The minimum atomic E-state index is -0.488. The van der Waals surface area contributed by atoms with Crippen molar-refractivity contribution in [2.24, 2.45) is 0 Å². The summed E-state index contributed by atoms with van der Waals surface area (Å²) in [5.41, 5.74) is 1.09. The Morgan fingerprint density at radius 1 is 1.00 bits per heavy atom. The van der Waals surface area contributed by atoms with Crippen molar-refractivity contribution in [2.75, 3.05) is 19.8 Å². The number of halogens is 1. The number of ether oxygens (including phenoxy) is 2. The first-order valence-electron chi connectivity index (χ1n) is 8.24. The van der Waals surface area contributed by atoms with Crippen LogP contribution < -0.4 is 14.8 Å². The molecular weight excluding hydrogens is 321 g/mol. The highest BCUT2D eigenvalue weighted by Crippen LogP contribution is 2.30. The smallest absolute Gasteiger partial charge is 0.258 e. The van der Waals surface area contributed by atoms with E-state index in [1.165, 1.54) is 12.1 Å². The van der Waals surface area contributed by atoms with Crippen LogP contribution in [0.5, 0.6) is 11.5 Å². The van der Waals surface area contributed by atoms with Crippen LogP contribution in [-0.2, 0) is 10.2 Å². The molecule has 0 unspecified atom stereocenters. The SMILES string of the molecule is CC(C)(C)c1ccccc1OCCNC(=O)COc1ccccc1F. The minimum absolute atomic E-state index is 0.0204. The van der Waals surface area contributed by atoms with Crippen molar-refractivity contribution in [1.29, 1.82) is 0 Å². The van der Waals surface area contributed by atoms with Gasteiger partial charge in [-0.15, -0.1) is 0 Å². The average molecular weight is 345 g/mol. The molecule has 1 amide bonds. The Hall–Kier alpha value is -2.56. The molecule has 0 saturated heterocycles. The molecule has 4 nitrogen and oxygen atoms in total. The summed E-state index contributed by atoms with van der Waals surface area (Å²) >= 11 is 0. The van der Waals surface area contributed by atoms with Crippen LogP contribution in [0.3, 0.4) is 0 Å². The van der Waals surface area contributed by atoms with Gasteiger partial charge in [-0.25, -0.2) is 4.39 Å². The Bertz CT molecular complexity index is 710. The van der Waals surface area contributed by atoms with Crippen LogP contribution in [0.4, 0.5) is 4.39 Å². The molecule has 2 aromatic rings. The Labute approximate surface area is 148 Å². The fourth-order valence-electron chi connectivity index (χ4n) is 2.32. The number of hydrogen-bond donors (Lipinski definition) is 1. The van der Waals surface area contributed by atoms with Gasteiger partial charge in [0.1, 0.15) is 12.4 Å². The fraction of sp³-hybridized carbons (Fsp3) is 0.350. The molecule has 2 aromatic carbocycles. The summed E-state index contributed by atoms with van der Waals surface area (Å²) in [7, 11) is 0. The van der Waals surface area contributed by atoms with Gasteiger partial charge in [-0.05, 0) is 29.2 Å². The maximum atomic E-state index is 13.4. The highest BCUT2D eigenvalue weighted by atomic mass is 19.1. The van der Waals surface area contributed by atoms with Crippen LogP contribution in [0.25, 0.3) is 0 Å². The van der Waals surface area contributed by atoms with Crippen molar-refractivity contribution in [2.45, 2.75) is 26.2 Å². The number of hydrogen-bond acceptors (Lipinski definition) is 3. The van der Waals surface area contributed by atoms with E-state index in [-0.39, 0.29) is 23.7 Å². The number of rotatable bonds is 7. The standard InChI is InChI=1S/C20H24FNO3/c1-20(2,3)15-8-4-6-10-17(15)24-13-12-22-19(23)14-25-18-11-7-5-9-16(18)21/h4-11H,12-14H2,1-3H3,(H,22,23). The number of carbonyl (C=O) groups excluding carboxylic acids is 1. The van der Waals surface area contributed by atoms with E-state index in [2.05, 4.69) is 26.1 Å². The molecule has 0 spiro atoms. The summed E-state index contributed by atoms with van der Waals surface area (Å²) in [6.45, 7) is 6.82. The van der Waals surface area contributed by atoms with Crippen LogP contribution in [0.1, 0.15) is 26.3 Å². The van der Waals surface area contributed by atoms with Gasteiger partial charge in [0.2, 0.25) is 0 Å². The third kappa shape index (κ3) is 5.78. The van der Waals surface area contributed by atoms with E-state index in [4.69, 9.17) is 9.47 Å². The maximum absolute atomic E-state index is 13.4. The van der Waals surface area contributed by atoms with E-state index >= 15 is 0 Å². The molecule has 0 heterocycles. The van der Waals surface area contributed by atoms with Crippen molar-refractivity contribution in [1.82, 2.24) is 5.32 Å². The second-order valence-corrected chi connectivity index (χ2v) is 6.66. The zero-order valence-electron chi connectivity index (χ0n) is 14.8. The lowest BCUT2D eigenvalue weighted by molar-refractivity contribution is -0.123. The quantitative estimate of drug-likeness (QED) is 0.779. The van der Waals surface area contributed by atoms with Gasteiger partial charge in [0.25, 0.3) is 5.91 Å². The predicted octanol–water partition coefficient (Wildman–Crippen LogP) is 3.70. The first kappa shape index (κ1) is 18.8. The first-order chi connectivity index (χ1) is 11.9. The number of nitrogens with one attached hydrogen (secondary N) is 1. The third-order valence-electron chi connectivity index (χ3n) is 3.57. The summed E-state index contributed by atoms with van der Waals surface area (Å²) in [6.07, 6.45) is 0. The predicted molar refractivity (Wildman–Crippen MR) is 95.5 cm³/mol. The van der Waals surface area contributed by atoms with Crippen LogP contribution in [0.2, 0.25) is 0 Å². The number of carbonyl (C=O) groups is 1. The van der Waals surface area contributed by atoms with E-state index in [0.717, 1.165) is 11.3 Å². The molecule has 0 bridgehead atoms.